The summed E-state index contributed by atoms with van der Waals surface area (Å²) in [5, 5.41) is 8.03. The standard InChI is InChI=1S/C26H30ClFN4O3/c1-26(2,3)22-16-23(32(30-22)21-12-6-5-11-20(21)27)29-24(33)17-31(13-8-14-35-4)25(34)18-9-7-10-19(28)15-18/h5-7,9-12,15-16H,8,13-14,17H2,1-4H3,(H,29,33). The first kappa shape index (κ1) is 26.4. The van der Waals surface area contributed by atoms with Crippen molar-refractivity contribution in [1.29, 1.82) is 0 Å². The number of benzene rings is 2. The second kappa shape index (κ2) is 11.5. The Balaban J connectivity index is 1.87. The summed E-state index contributed by atoms with van der Waals surface area (Å²) >= 11 is 6.40. The fraction of sp³-hybridized carbons (Fsp3) is 0.346. The molecule has 0 spiro atoms. The zero-order valence-corrected chi connectivity index (χ0v) is 21.1. The number of carbonyl (C=O) groups is 2. The van der Waals surface area contributed by atoms with E-state index in [2.05, 4.69) is 10.4 Å². The minimum atomic E-state index is -0.518. The van der Waals surface area contributed by atoms with E-state index in [0.29, 0.717) is 29.6 Å². The van der Waals surface area contributed by atoms with Crippen molar-refractivity contribution < 1.29 is 18.7 Å². The number of halogens is 2. The van der Waals surface area contributed by atoms with Crippen LogP contribution >= 0.6 is 11.6 Å². The van der Waals surface area contributed by atoms with Gasteiger partial charge in [-0.05, 0) is 36.8 Å². The topological polar surface area (TPSA) is 76.5 Å². The van der Waals surface area contributed by atoms with Crippen molar-refractivity contribution in [3.05, 3.63) is 76.7 Å². The number of hydrogen-bond donors (Lipinski definition) is 1. The Kier molecular flexibility index (Phi) is 8.64. The van der Waals surface area contributed by atoms with Crippen molar-refractivity contribution in [2.24, 2.45) is 0 Å². The van der Waals surface area contributed by atoms with Gasteiger partial charge in [0.2, 0.25) is 5.91 Å². The number of ether oxygens (including phenoxy) is 1. The lowest BCUT2D eigenvalue weighted by Crippen LogP contribution is -2.39. The lowest BCUT2D eigenvalue weighted by atomic mass is 9.92. The fourth-order valence-electron chi connectivity index (χ4n) is 3.46. The Morgan fingerprint density at radius 2 is 1.89 bits per heavy atom. The number of anilines is 1. The van der Waals surface area contributed by atoms with Crippen LogP contribution in [-0.4, -0.2) is 53.3 Å². The zero-order valence-electron chi connectivity index (χ0n) is 20.3. The van der Waals surface area contributed by atoms with Crippen LogP contribution < -0.4 is 5.32 Å². The molecule has 0 saturated heterocycles. The van der Waals surface area contributed by atoms with Crippen molar-refractivity contribution in [1.82, 2.24) is 14.7 Å². The van der Waals surface area contributed by atoms with Crippen molar-refractivity contribution >= 4 is 29.2 Å². The van der Waals surface area contributed by atoms with E-state index in [1.165, 1.54) is 23.1 Å². The quantitative estimate of drug-likeness (QED) is 0.416. The van der Waals surface area contributed by atoms with Gasteiger partial charge >= 0.3 is 0 Å². The Labute approximate surface area is 209 Å². The molecule has 2 aromatic carbocycles. The molecule has 3 rings (SSSR count). The minimum absolute atomic E-state index is 0.173. The Hall–Kier alpha value is -3.23. The number of nitrogens with one attached hydrogen (secondary N) is 1. The second-order valence-electron chi connectivity index (χ2n) is 9.16. The van der Waals surface area contributed by atoms with Gasteiger partial charge in [0.1, 0.15) is 18.2 Å². The van der Waals surface area contributed by atoms with Crippen LogP contribution in [0.4, 0.5) is 10.2 Å². The summed E-state index contributed by atoms with van der Waals surface area (Å²) in [4.78, 5) is 27.5. The molecule has 0 aliphatic rings. The van der Waals surface area contributed by atoms with Gasteiger partial charge in [-0.3, -0.25) is 9.59 Å². The van der Waals surface area contributed by atoms with Crippen LogP contribution in [0.5, 0.6) is 0 Å². The fourth-order valence-corrected chi connectivity index (χ4v) is 3.67. The summed E-state index contributed by atoms with van der Waals surface area (Å²) in [7, 11) is 1.56. The Bertz CT molecular complexity index is 1190. The van der Waals surface area contributed by atoms with E-state index in [-0.39, 0.29) is 24.1 Å². The smallest absolute Gasteiger partial charge is 0.254 e. The van der Waals surface area contributed by atoms with Gasteiger partial charge in [-0.1, -0.05) is 50.6 Å². The maximum absolute atomic E-state index is 13.7. The number of methoxy groups -OCH3 is 1. The van der Waals surface area contributed by atoms with Crippen LogP contribution in [0.15, 0.2) is 54.6 Å². The average molecular weight is 501 g/mol. The van der Waals surface area contributed by atoms with Gasteiger partial charge in [-0.2, -0.15) is 5.10 Å². The molecular formula is C26H30ClFN4O3. The summed E-state index contributed by atoms with van der Waals surface area (Å²) < 4.78 is 20.4. The molecule has 1 heterocycles. The molecule has 1 aromatic heterocycles. The van der Waals surface area contributed by atoms with Gasteiger partial charge in [0.25, 0.3) is 5.91 Å². The van der Waals surface area contributed by atoms with Gasteiger partial charge in [-0.15, -0.1) is 0 Å². The third-order valence-electron chi connectivity index (χ3n) is 5.30. The Morgan fingerprint density at radius 3 is 2.54 bits per heavy atom. The zero-order chi connectivity index (χ0) is 25.6. The third-order valence-corrected chi connectivity index (χ3v) is 5.62. The third kappa shape index (κ3) is 6.90. The molecule has 0 atom stereocenters. The summed E-state index contributed by atoms with van der Waals surface area (Å²) in [6.07, 6.45) is 0.524. The summed E-state index contributed by atoms with van der Waals surface area (Å²) in [6, 6.07) is 14.4. The van der Waals surface area contributed by atoms with E-state index in [1.807, 2.05) is 39.0 Å². The van der Waals surface area contributed by atoms with E-state index < -0.39 is 17.6 Å². The first-order valence-corrected chi connectivity index (χ1v) is 11.7. The van der Waals surface area contributed by atoms with Crippen molar-refractivity contribution in [2.75, 3.05) is 32.1 Å². The molecule has 1 N–H and O–H groups in total. The lowest BCUT2D eigenvalue weighted by molar-refractivity contribution is -0.117. The molecule has 9 heteroatoms. The number of para-hydroxylation sites is 1. The van der Waals surface area contributed by atoms with Gasteiger partial charge in [0.15, 0.2) is 0 Å². The molecule has 0 radical (unpaired) electrons. The molecule has 35 heavy (non-hydrogen) atoms. The van der Waals surface area contributed by atoms with E-state index in [9.17, 15) is 14.0 Å². The van der Waals surface area contributed by atoms with Crippen LogP contribution in [0.1, 0.15) is 43.2 Å². The number of aromatic nitrogens is 2. The van der Waals surface area contributed by atoms with Crippen molar-refractivity contribution in [3.8, 4) is 5.69 Å². The number of amides is 2. The molecule has 3 aromatic rings. The first-order valence-electron chi connectivity index (χ1n) is 11.3. The van der Waals surface area contributed by atoms with Crippen LogP contribution in [0.25, 0.3) is 5.69 Å². The van der Waals surface area contributed by atoms with Crippen molar-refractivity contribution in [3.63, 3.8) is 0 Å². The van der Waals surface area contributed by atoms with Crippen LogP contribution in [0.3, 0.4) is 0 Å². The van der Waals surface area contributed by atoms with Crippen LogP contribution in [-0.2, 0) is 14.9 Å². The van der Waals surface area contributed by atoms with Gasteiger partial charge in [0, 0.05) is 37.3 Å². The highest BCUT2D eigenvalue weighted by Gasteiger charge is 2.24. The monoisotopic (exact) mass is 500 g/mol. The highest BCUT2D eigenvalue weighted by Crippen LogP contribution is 2.29. The van der Waals surface area contributed by atoms with E-state index in [0.717, 1.165) is 11.8 Å². The molecular weight excluding hydrogens is 471 g/mol. The highest BCUT2D eigenvalue weighted by atomic mass is 35.5. The Morgan fingerprint density at radius 1 is 1.14 bits per heavy atom. The summed E-state index contributed by atoms with van der Waals surface area (Å²) in [5.74, 6) is -0.940. The normalized spacial score (nSPS) is 11.4. The van der Waals surface area contributed by atoms with Crippen molar-refractivity contribution in [2.45, 2.75) is 32.6 Å². The van der Waals surface area contributed by atoms with Crippen LogP contribution in [0.2, 0.25) is 5.02 Å². The number of rotatable bonds is 9. The van der Waals surface area contributed by atoms with E-state index in [1.54, 1.807) is 23.9 Å². The molecule has 0 saturated carbocycles. The average Bonchev–Trinajstić information content (AvgIpc) is 3.22. The largest absolute Gasteiger partial charge is 0.385 e. The lowest BCUT2D eigenvalue weighted by Gasteiger charge is -2.22. The molecule has 0 aliphatic carbocycles. The SMILES string of the molecule is COCCCN(CC(=O)Nc1cc(C(C)(C)C)nn1-c1ccccc1Cl)C(=O)c1cccc(F)c1. The maximum Gasteiger partial charge on any atom is 0.254 e. The number of hydrogen-bond acceptors (Lipinski definition) is 4. The maximum atomic E-state index is 13.7. The molecule has 0 aliphatic heterocycles. The first-order chi connectivity index (χ1) is 16.6. The summed E-state index contributed by atoms with van der Waals surface area (Å²) in [6.45, 7) is 6.53. The molecule has 2 amide bonds. The predicted molar refractivity (Wildman–Crippen MR) is 135 cm³/mol. The molecule has 0 fully saturated rings. The number of nitrogens with zero attached hydrogens (tertiary/aromatic N) is 3. The van der Waals surface area contributed by atoms with Gasteiger partial charge in [0.05, 0.1) is 16.4 Å². The molecule has 186 valence electrons. The van der Waals surface area contributed by atoms with E-state index in [4.69, 9.17) is 16.3 Å². The predicted octanol–water partition coefficient (Wildman–Crippen LogP) is 5.08. The minimum Gasteiger partial charge on any atom is -0.385 e. The van der Waals surface area contributed by atoms with Gasteiger partial charge in [-0.25, -0.2) is 9.07 Å². The van der Waals surface area contributed by atoms with E-state index >= 15 is 0 Å². The highest BCUT2D eigenvalue weighted by molar-refractivity contribution is 6.32. The van der Waals surface area contributed by atoms with Gasteiger partial charge < -0.3 is 15.0 Å². The second-order valence-corrected chi connectivity index (χ2v) is 9.57. The molecule has 7 nitrogen and oxygen atoms in total. The molecule has 0 unspecified atom stereocenters. The molecule has 0 bridgehead atoms. The van der Waals surface area contributed by atoms with Crippen LogP contribution in [0, 0.1) is 5.82 Å². The number of carbonyl (C=O) groups excluding carboxylic acids is 2. The summed E-state index contributed by atoms with van der Waals surface area (Å²) in [5.41, 5.74) is 1.28.